The number of ether oxygens (including phenoxy) is 2. The van der Waals surface area contributed by atoms with Crippen LogP contribution in [0.15, 0.2) is 24.3 Å². The van der Waals surface area contributed by atoms with E-state index in [1.165, 1.54) is 25.5 Å². The van der Waals surface area contributed by atoms with Gasteiger partial charge in [-0.25, -0.2) is 4.79 Å². The maximum absolute atomic E-state index is 13.6. The van der Waals surface area contributed by atoms with Gasteiger partial charge in [-0.05, 0) is 69.7 Å². The molecule has 1 atom stereocenters. The van der Waals surface area contributed by atoms with Crippen LogP contribution >= 0.6 is 0 Å². The molecule has 7 nitrogen and oxygen atoms in total. The summed E-state index contributed by atoms with van der Waals surface area (Å²) in [6, 6.07) is 7.73. The topological polar surface area (TPSA) is 77.8 Å². The molecular formula is C29H40N2O5. The zero-order valence-corrected chi connectivity index (χ0v) is 22.4. The summed E-state index contributed by atoms with van der Waals surface area (Å²) in [7, 11) is 1.34. The largest absolute Gasteiger partial charge is 0.464 e. The summed E-state index contributed by atoms with van der Waals surface area (Å²) in [6.07, 6.45) is 6.23. The number of nitrogens with zero attached hydrogens (tertiary/aromatic N) is 2. The van der Waals surface area contributed by atoms with Gasteiger partial charge in [0.1, 0.15) is 5.69 Å². The highest BCUT2D eigenvalue weighted by atomic mass is 16.5. The second-order valence-corrected chi connectivity index (χ2v) is 9.57. The fourth-order valence-electron chi connectivity index (χ4n) is 5.14. The monoisotopic (exact) mass is 496 g/mol. The Morgan fingerprint density at radius 2 is 1.83 bits per heavy atom. The van der Waals surface area contributed by atoms with Crippen molar-refractivity contribution in [1.29, 1.82) is 0 Å². The number of ketones is 1. The fraction of sp³-hybridized carbons (Fsp3) is 0.552. The Kier molecular flexibility index (Phi) is 9.88. The Hall–Kier alpha value is -2.93. The lowest BCUT2D eigenvalue weighted by atomic mass is 10.0. The Balaban J connectivity index is 1.85. The average Bonchev–Trinajstić information content (AvgIpc) is 3.48. The summed E-state index contributed by atoms with van der Waals surface area (Å²) in [4.78, 5) is 41.2. The van der Waals surface area contributed by atoms with Crippen LogP contribution in [0.1, 0.15) is 94.0 Å². The second-order valence-electron chi connectivity index (χ2n) is 9.57. The van der Waals surface area contributed by atoms with Crippen molar-refractivity contribution < 1.29 is 23.9 Å². The molecular weight excluding hydrogens is 456 g/mol. The number of unbranched alkanes of at least 4 members (excludes halogenated alkanes) is 2. The first-order chi connectivity index (χ1) is 17.3. The van der Waals surface area contributed by atoms with Crippen molar-refractivity contribution in [2.24, 2.45) is 0 Å². The molecule has 1 amide bonds. The minimum atomic E-state index is -0.470. The van der Waals surface area contributed by atoms with E-state index >= 15 is 0 Å². The minimum Gasteiger partial charge on any atom is -0.464 e. The van der Waals surface area contributed by atoms with Gasteiger partial charge in [0.2, 0.25) is 0 Å². The molecule has 36 heavy (non-hydrogen) atoms. The predicted octanol–water partition coefficient (Wildman–Crippen LogP) is 5.15. The van der Waals surface area contributed by atoms with Crippen molar-refractivity contribution in [3.05, 3.63) is 57.9 Å². The number of aromatic nitrogens is 1. The van der Waals surface area contributed by atoms with Crippen LogP contribution in [0.4, 0.5) is 0 Å². The predicted molar refractivity (Wildman–Crippen MR) is 140 cm³/mol. The number of amides is 1. The molecule has 1 aliphatic heterocycles. The molecule has 1 aromatic carbocycles. The van der Waals surface area contributed by atoms with E-state index in [2.05, 4.69) is 6.92 Å². The van der Waals surface area contributed by atoms with Crippen LogP contribution < -0.4 is 0 Å². The quantitative estimate of drug-likeness (QED) is 0.231. The summed E-state index contributed by atoms with van der Waals surface area (Å²) in [5.74, 6) is -0.843. The van der Waals surface area contributed by atoms with Gasteiger partial charge in [-0.1, -0.05) is 31.9 Å². The molecule has 1 unspecified atom stereocenters. The van der Waals surface area contributed by atoms with Gasteiger partial charge in [0.15, 0.2) is 5.78 Å². The SMILES string of the molecule is CCCCCc1ccc(C(=O)N(CC(=O)c2c(C)c(C(=O)OC)n(CC)c2C)CC2CCCO2)cc1. The molecule has 2 aromatic rings. The average molecular weight is 497 g/mol. The van der Waals surface area contributed by atoms with Crippen LogP contribution in [-0.2, 0) is 22.4 Å². The Labute approximate surface area is 214 Å². The number of aryl methyl sites for hydroxylation is 1. The van der Waals surface area contributed by atoms with E-state index in [-0.39, 0.29) is 24.3 Å². The molecule has 1 aliphatic rings. The number of Topliss-reactive ketones (excluding diaryl/α,β-unsaturated/α-hetero) is 1. The molecule has 2 heterocycles. The fourth-order valence-corrected chi connectivity index (χ4v) is 5.14. The van der Waals surface area contributed by atoms with Crippen molar-refractivity contribution in [3.63, 3.8) is 0 Å². The molecule has 1 aromatic heterocycles. The minimum absolute atomic E-state index is 0.0764. The molecule has 1 saturated heterocycles. The highest BCUT2D eigenvalue weighted by molar-refractivity contribution is 6.06. The first kappa shape index (κ1) is 27.7. The molecule has 0 radical (unpaired) electrons. The van der Waals surface area contributed by atoms with Crippen LogP contribution in [0.5, 0.6) is 0 Å². The van der Waals surface area contributed by atoms with Crippen molar-refractivity contribution in [3.8, 4) is 0 Å². The summed E-state index contributed by atoms with van der Waals surface area (Å²) >= 11 is 0. The summed E-state index contributed by atoms with van der Waals surface area (Å²) in [5.41, 5.74) is 3.94. The van der Waals surface area contributed by atoms with E-state index < -0.39 is 5.97 Å². The molecule has 0 N–H and O–H groups in total. The van der Waals surface area contributed by atoms with Crippen LogP contribution in [0, 0.1) is 13.8 Å². The van der Waals surface area contributed by atoms with Gasteiger partial charge in [-0.3, -0.25) is 9.59 Å². The highest BCUT2D eigenvalue weighted by Crippen LogP contribution is 2.25. The van der Waals surface area contributed by atoms with Crippen molar-refractivity contribution >= 4 is 17.7 Å². The lowest BCUT2D eigenvalue weighted by Crippen LogP contribution is -2.41. The number of hydrogen-bond donors (Lipinski definition) is 0. The number of rotatable bonds is 12. The Morgan fingerprint density at radius 1 is 1.11 bits per heavy atom. The number of benzene rings is 1. The molecule has 0 bridgehead atoms. The lowest BCUT2D eigenvalue weighted by Gasteiger charge is -2.25. The van der Waals surface area contributed by atoms with Crippen LogP contribution in [-0.4, -0.2) is 60.0 Å². The van der Waals surface area contributed by atoms with E-state index in [9.17, 15) is 14.4 Å². The van der Waals surface area contributed by atoms with Gasteiger partial charge in [0.05, 0.1) is 19.8 Å². The Morgan fingerprint density at radius 3 is 2.42 bits per heavy atom. The third-order valence-corrected chi connectivity index (χ3v) is 7.08. The van der Waals surface area contributed by atoms with Gasteiger partial charge in [-0.2, -0.15) is 0 Å². The zero-order valence-electron chi connectivity index (χ0n) is 22.4. The lowest BCUT2D eigenvalue weighted by molar-refractivity contribution is 0.0506. The Bertz CT molecular complexity index is 1060. The number of hydrogen-bond acceptors (Lipinski definition) is 5. The van der Waals surface area contributed by atoms with Gasteiger partial charge in [-0.15, -0.1) is 0 Å². The van der Waals surface area contributed by atoms with Crippen molar-refractivity contribution in [1.82, 2.24) is 9.47 Å². The summed E-state index contributed by atoms with van der Waals surface area (Å²) in [6.45, 7) is 9.20. The molecule has 3 rings (SSSR count). The first-order valence-electron chi connectivity index (χ1n) is 13.1. The standard InChI is InChI=1S/C29H40N2O5/c1-6-8-9-11-22-13-15-23(16-14-22)28(33)30(18-24-12-10-17-36-24)19-25(32)26-20(3)27(29(34)35-5)31(7-2)21(26)4/h13-16,24H,6-12,17-19H2,1-5H3. The first-order valence-corrected chi connectivity index (χ1v) is 13.1. The van der Waals surface area contributed by atoms with E-state index in [1.807, 2.05) is 38.1 Å². The second kappa shape index (κ2) is 12.9. The summed E-state index contributed by atoms with van der Waals surface area (Å²) < 4.78 is 12.6. The zero-order chi connectivity index (χ0) is 26.2. The molecule has 196 valence electrons. The van der Waals surface area contributed by atoms with E-state index in [4.69, 9.17) is 9.47 Å². The number of methoxy groups -OCH3 is 1. The molecule has 0 saturated carbocycles. The van der Waals surface area contributed by atoms with Crippen LogP contribution in [0.2, 0.25) is 0 Å². The molecule has 1 fully saturated rings. The molecule has 0 aliphatic carbocycles. The normalized spacial score (nSPS) is 15.2. The number of esters is 1. The van der Waals surface area contributed by atoms with Gasteiger partial charge >= 0.3 is 5.97 Å². The van der Waals surface area contributed by atoms with Crippen molar-refractivity contribution in [2.45, 2.75) is 78.9 Å². The molecule has 0 spiro atoms. The van der Waals surface area contributed by atoms with E-state index in [0.29, 0.717) is 47.8 Å². The number of carbonyl (C=O) groups is 3. The van der Waals surface area contributed by atoms with Crippen LogP contribution in [0.3, 0.4) is 0 Å². The van der Waals surface area contributed by atoms with Gasteiger partial charge in [0.25, 0.3) is 5.91 Å². The molecule has 7 heteroatoms. The smallest absolute Gasteiger partial charge is 0.354 e. The van der Waals surface area contributed by atoms with E-state index in [0.717, 1.165) is 25.7 Å². The third-order valence-electron chi connectivity index (χ3n) is 7.08. The van der Waals surface area contributed by atoms with Crippen molar-refractivity contribution in [2.75, 3.05) is 26.8 Å². The maximum atomic E-state index is 13.6. The highest BCUT2D eigenvalue weighted by Gasteiger charge is 2.30. The number of carbonyl (C=O) groups excluding carboxylic acids is 3. The van der Waals surface area contributed by atoms with Gasteiger partial charge in [0, 0.05) is 36.5 Å². The van der Waals surface area contributed by atoms with E-state index in [1.54, 1.807) is 16.4 Å². The van der Waals surface area contributed by atoms with Gasteiger partial charge < -0.3 is 18.9 Å². The third kappa shape index (κ3) is 6.25. The van der Waals surface area contributed by atoms with Crippen LogP contribution in [0.25, 0.3) is 0 Å². The summed E-state index contributed by atoms with van der Waals surface area (Å²) in [5, 5.41) is 0. The maximum Gasteiger partial charge on any atom is 0.354 e.